The Morgan fingerprint density at radius 1 is 1.24 bits per heavy atom. The van der Waals surface area contributed by atoms with Gasteiger partial charge in [-0.25, -0.2) is 4.39 Å². The molecule has 2 atom stereocenters. The molecule has 0 heterocycles. The zero-order valence-corrected chi connectivity index (χ0v) is 10.6. The summed E-state index contributed by atoms with van der Waals surface area (Å²) >= 11 is 0. The summed E-state index contributed by atoms with van der Waals surface area (Å²) in [6.07, 6.45) is 6.25. The average Bonchev–Trinajstić information content (AvgIpc) is 2.33. The van der Waals surface area contributed by atoms with Gasteiger partial charge in [0.05, 0.1) is 0 Å². The summed E-state index contributed by atoms with van der Waals surface area (Å²) in [5.41, 5.74) is 8.21. The molecule has 1 aromatic carbocycles. The summed E-state index contributed by atoms with van der Waals surface area (Å²) in [6, 6.07) is 5.14. The Labute approximate surface area is 103 Å². The zero-order chi connectivity index (χ0) is 12.3. The van der Waals surface area contributed by atoms with E-state index in [9.17, 15) is 4.39 Å². The second kappa shape index (κ2) is 5.63. The predicted molar refractivity (Wildman–Crippen MR) is 69.3 cm³/mol. The SMILES string of the molecule is Cc1cc(F)ccc1CC1CCCCC1CN. The van der Waals surface area contributed by atoms with Crippen LogP contribution in [0.25, 0.3) is 0 Å². The molecule has 0 aromatic heterocycles. The first-order valence-electron chi connectivity index (χ1n) is 6.66. The minimum Gasteiger partial charge on any atom is -0.330 e. The third kappa shape index (κ3) is 3.06. The number of nitrogens with two attached hydrogens (primary N) is 1. The monoisotopic (exact) mass is 235 g/mol. The van der Waals surface area contributed by atoms with Crippen molar-refractivity contribution in [2.24, 2.45) is 17.6 Å². The number of benzene rings is 1. The van der Waals surface area contributed by atoms with Crippen LogP contribution in [0.15, 0.2) is 18.2 Å². The Morgan fingerprint density at radius 3 is 2.59 bits per heavy atom. The number of hydrogen-bond acceptors (Lipinski definition) is 1. The Morgan fingerprint density at radius 2 is 1.94 bits per heavy atom. The first-order valence-corrected chi connectivity index (χ1v) is 6.66. The van der Waals surface area contributed by atoms with Gasteiger partial charge in [0, 0.05) is 0 Å². The molecule has 0 bridgehead atoms. The lowest BCUT2D eigenvalue weighted by Gasteiger charge is -2.31. The van der Waals surface area contributed by atoms with Crippen LogP contribution >= 0.6 is 0 Å². The van der Waals surface area contributed by atoms with Gasteiger partial charge in [-0.15, -0.1) is 0 Å². The third-order valence-corrected chi connectivity index (χ3v) is 4.16. The van der Waals surface area contributed by atoms with E-state index in [0.717, 1.165) is 18.5 Å². The molecule has 1 aromatic rings. The fraction of sp³-hybridized carbons (Fsp3) is 0.600. The van der Waals surface area contributed by atoms with Gasteiger partial charge in [-0.05, 0) is 67.8 Å². The molecule has 1 fully saturated rings. The van der Waals surface area contributed by atoms with Crippen LogP contribution < -0.4 is 5.73 Å². The van der Waals surface area contributed by atoms with E-state index in [-0.39, 0.29) is 5.82 Å². The van der Waals surface area contributed by atoms with Gasteiger partial charge in [0.15, 0.2) is 0 Å². The fourth-order valence-corrected chi connectivity index (χ4v) is 3.03. The maximum absolute atomic E-state index is 13.0. The standard InChI is InChI=1S/C15H22FN/c1-11-8-15(16)7-6-12(11)9-13-4-2-3-5-14(13)10-17/h6-8,13-14H,2-5,9-10,17H2,1H3. The highest BCUT2D eigenvalue weighted by Crippen LogP contribution is 2.32. The van der Waals surface area contributed by atoms with E-state index < -0.39 is 0 Å². The van der Waals surface area contributed by atoms with E-state index in [0.29, 0.717) is 11.8 Å². The molecule has 1 nitrogen and oxygen atoms in total. The predicted octanol–water partition coefficient (Wildman–Crippen LogP) is 3.44. The number of aryl methyl sites for hydroxylation is 1. The van der Waals surface area contributed by atoms with Gasteiger partial charge in [-0.1, -0.05) is 18.9 Å². The Hall–Kier alpha value is -0.890. The lowest BCUT2D eigenvalue weighted by molar-refractivity contribution is 0.241. The van der Waals surface area contributed by atoms with E-state index >= 15 is 0 Å². The minimum atomic E-state index is -0.134. The molecule has 0 aliphatic heterocycles. The highest BCUT2D eigenvalue weighted by atomic mass is 19.1. The summed E-state index contributed by atoms with van der Waals surface area (Å²) in [5, 5.41) is 0. The summed E-state index contributed by atoms with van der Waals surface area (Å²) in [6.45, 7) is 2.80. The molecule has 0 radical (unpaired) electrons. The maximum Gasteiger partial charge on any atom is 0.123 e. The van der Waals surface area contributed by atoms with E-state index in [2.05, 4.69) is 0 Å². The van der Waals surface area contributed by atoms with Gasteiger partial charge in [-0.3, -0.25) is 0 Å². The van der Waals surface area contributed by atoms with Crippen LogP contribution in [0.5, 0.6) is 0 Å². The Balaban J connectivity index is 2.08. The van der Waals surface area contributed by atoms with Gasteiger partial charge in [0.2, 0.25) is 0 Å². The van der Waals surface area contributed by atoms with E-state index in [1.807, 2.05) is 13.0 Å². The van der Waals surface area contributed by atoms with Crippen LogP contribution in [0, 0.1) is 24.6 Å². The second-order valence-corrected chi connectivity index (χ2v) is 5.32. The van der Waals surface area contributed by atoms with Crippen molar-refractivity contribution in [2.45, 2.75) is 39.0 Å². The lowest BCUT2D eigenvalue weighted by atomic mass is 9.76. The zero-order valence-electron chi connectivity index (χ0n) is 10.6. The summed E-state index contributed by atoms with van der Waals surface area (Å²) in [7, 11) is 0. The summed E-state index contributed by atoms with van der Waals surface area (Å²) in [4.78, 5) is 0. The van der Waals surface area contributed by atoms with Crippen LogP contribution in [-0.4, -0.2) is 6.54 Å². The maximum atomic E-state index is 13.0. The lowest BCUT2D eigenvalue weighted by Crippen LogP contribution is -2.28. The normalized spacial score (nSPS) is 24.9. The van der Waals surface area contributed by atoms with Crippen molar-refractivity contribution in [1.82, 2.24) is 0 Å². The Kier molecular flexibility index (Phi) is 4.16. The molecule has 1 aliphatic carbocycles. The van der Waals surface area contributed by atoms with Crippen LogP contribution in [0.1, 0.15) is 36.8 Å². The second-order valence-electron chi connectivity index (χ2n) is 5.32. The van der Waals surface area contributed by atoms with Crippen molar-refractivity contribution < 1.29 is 4.39 Å². The van der Waals surface area contributed by atoms with E-state index in [1.54, 1.807) is 12.1 Å². The van der Waals surface area contributed by atoms with Crippen molar-refractivity contribution in [1.29, 1.82) is 0 Å². The topological polar surface area (TPSA) is 26.0 Å². The third-order valence-electron chi connectivity index (χ3n) is 4.16. The fourth-order valence-electron chi connectivity index (χ4n) is 3.03. The largest absolute Gasteiger partial charge is 0.330 e. The molecule has 2 heteroatoms. The summed E-state index contributed by atoms with van der Waals surface area (Å²) in [5.74, 6) is 1.22. The van der Waals surface area contributed by atoms with Crippen molar-refractivity contribution in [3.63, 3.8) is 0 Å². The number of hydrogen-bond donors (Lipinski definition) is 1. The molecule has 2 N–H and O–H groups in total. The van der Waals surface area contributed by atoms with Crippen molar-refractivity contribution >= 4 is 0 Å². The average molecular weight is 235 g/mol. The molecule has 1 saturated carbocycles. The summed E-state index contributed by atoms with van der Waals surface area (Å²) < 4.78 is 13.0. The van der Waals surface area contributed by atoms with Crippen molar-refractivity contribution in [3.05, 3.63) is 35.1 Å². The van der Waals surface area contributed by atoms with Crippen LogP contribution in [0.2, 0.25) is 0 Å². The first kappa shape index (κ1) is 12.6. The molecular weight excluding hydrogens is 213 g/mol. The van der Waals surface area contributed by atoms with Gasteiger partial charge in [0.1, 0.15) is 5.82 Å². The molecule has 2 rings (SSSR count). The van der Waals surface area contributed by atoms with Crippen LogP contribution in [0.3, 0.4) is 0 Å². The van der Waals surface area contributed by atoms with Crippen LogP contribution in [0.4, 0.5) is 4.39 Å². The molecule has 1 aliphatic rings. The van der Waals surface area contributed by atoms with Crippen LogP contribution in [-0.2, 0) is 6.42 Å². The molecule has 0 saturated heterocycles. The van der Waals surface area contributed by atoms with Crippen molar-refractivity contribution in [3.8, 4) is 0 Å². The van der Waals surface area contributed by atoms with E-state index in [4.69, 9.17) is 5.73 Å². The molecule has 94 valence electrons. The number of halogens is 1. The molecule has 17 heavy (non-hydrogen) atoms. The smallest absolute Gasteiger partial charge is 0.123 e. The Bertz CT molecular complexity index is 375. The van der Waals surface area contributed by atoms with Crippen molar-refractivity contribution in [2.75, 3.05) is 6.54 Å². The van der Waals surface area contributed by atoms with E-state index in [1.165, 1.54) is 31.2 Å². The first-order chi connectivity index (χ1) is 8.20. The minimum absolute atomic E-state index is 0.134. The molecule has 2 unspecified atom stereocenters. The quantitative estimate of drug-likeness (QED) is 0.853. The van der Waals surface area contributed by atoms with Gasteiger partial charge < -0.3 is 5.73 Å². The molecular formula is C15H22FN. The molecule has 0 spiro atoms. The highest BCUT2D eigenvalue weighted by Gasteiger charge is 2.24. The van der Waals surface area contributed by atoms with Gasteiger partial charge in [0.25, 0.3) is 0 Å². The van der Waals surface area contributed by atoms with Gasteiger partial charge in [-0.2, -0.15) is 0 Å². The highest BCUT2D eigenvalue weighted by molar-refractivity contribution is 5.27. The van der Waals surface area contributed by atoms with Gasteiger partial charge >= 0.3 is 0 Å². The molecule has 0 amide bonds. The number of rotatable bonds is 3.